The van der Waals surface area contributed by atoms with Gasteiger partial charge in [0.25, 0.3) is 5.56 Å². The number of nitrogens with one attached hydrogen (secondary N) is 1. The van der Waals surface area contributed by atoms with Crippen LogP contribution in [-0.4, -0.2) is 61.8 Å². The fraction of sp³-hybridized carbons (Fsp3) is 0.500. The van der Waals surface area contributed by atoms with E-state index in [1.807, 2.05) is 40.7 Å². The van der Waals surface area contributed by atoms with Crippen molar-refractivity contribution in [1.82, 2.24) is 30.1 Å². The first-order valence-corrected chi connectivity index (χ1v) is 10.9. The summed E-state index contributed by atoms with van der Waals surface area (Å²) in [5, 5.41) is 13.5. The molecule has 2 aromatic heterocycles. The van der Waals surface area contributed by atoms with Crippen LogP contribution in [0.2, 0.25) is 0 Å². The first-order chi connectivity index (χ1) is 13.9. The van der Waals surface area contributed by atoms with Gasteiger partial charge in [0.1, 0.15) is 11.8 Å². The highest BCUT2D eigenvalue weighted by Gasteiger charge is 2.33. The lowest BCUT2D eigenvalue weighted by Crippen LogP contribution is -2.41. The summed E-state index contributed by atoms with van der Waals surface area (Å²) in [6.07, 6.45) is 0. The molecule has 0 spiro atoms. The molecule has 1 aromatic carbocycles. The Bertz CT molecular complexity index is 1060. The lowest BCUT2D eigenvalue weighted by atomic mass is 10.0. The van der Waals surface area contributed by atoms with Crippen molar-refractivity contribution in [3.05, 3.63) is 46.0 Å². The monoisotopic (exact) mass is 414 g/mol. The summed E-state index contributed by atoms with van der Waals surface area (Å²) in [5.74, 6) is 3.46. The minimum Gasteiger partial charge on any atom is -0.497 e. The number of H-pyrrole nitrogens is 1. The Morgan fingerprint density at radius 2 is 1.97 bits per heavy atom. The van der Waals surface area contributed by atoms with Gasteiger partial charge in [0.2, 0.25) is 0 Å². The number of hydrogen-bond donors (Lipinski definition) is 1. The second-order valence-corrected chi connectivity index (χ2v) is 9.40. The second-order valence-electron chi connectivity index (χ2n) is 8.18. The van der Waals surface area contributed by atoms with Crippen molar-refractivity contribution >= 4 is 22.7 Å². The highest BCUT2D eigenvalue weighted by Crippen LogP contribution is 2.31. The Balaban J connectivity index is 1.89. The van der Waals surface area contributed by atoms with Gasteiger partial charge in [0.05, 0.1) is 18.2 Å². The number of ether oxygens (including phenoxy) is 1. The number of rotatable bonds is 4. The average Bonchev–Trinajstić information content (AvgIpc) is 3.19. The van der Waals surface area contributed by atoms with E-state index in [4.69, 9.17) is 4.74 Å². The van der Waals surface area contributed by atoms with Gasteiger partial charge in [0, 0.05) is 36.2 Å². The quantitative estimate of drug-likeness (QED) is 0.701. The van der Waals surface area contributed by atoms with E-state index >= 15 is 0 Å². The normalized spacial score (nSPS) is 16.8. The van der Waals surface area contributed by atoms with Gasteiger partial charge < -0.3 is 9.72 Å². The number of thioether (sulfide) groups is 1. The highest BCUT2D eigenvalue weighted by molar-refractivity contribution is 7.99. The summed E-state index contributed by atoms with van der Waals surface area (Å²) in [4.78, 5) is 18.5. The molecule has 154 valence electrons. The van der Waals surface area contributed by atoms with Gasteiger partial charge in [-0.15, -0.1) is 5.10 Å². The Kier molecular flexibility index (Phi) is 5.35. The summed E-state index contributed by atoms with van der Waals surface area (Å²) < 4.78 is 7.12. The van der Waals surface area contributed by atoms with Gasteiger partial charge in [0.15, 0.2) is 5.82 Å². The molecule has 0 amide bonds. The maximum Gasteiger partial charge on any atom is 0.253 e. The van der Waals surface area contributed by atoms with E-state index in [2.05, 4.69) is 46.2 Å². The molecule has 1 saturated heterocycles. The molecular weight excluding hydrogens is 388 g/mol. The Morgan fingerprint density at radius 3 is 2.66 bits per heavy atom. The van der Waals surface area contributed by atoms with Crippen LogP contribution in [-0.2, 0) is 5.54 Å². The highest BCUT2D eigenvalue weighted by atomic mass is 32.2. The minimum atomic E-state index is -0.305. The van der Waals surface area contributed by atoms with Crippen LogP contribution in [0.15, 0.2) is 29.1 Å². The van der Waals surface area contributed by atoms with E-state index in [0.29, 0.717) is 17.1 Å². The number of tetrazole rings is 1. The van der Waals surface area contributed by atoms with Gasteiger partial charge in [-0.1, -0.05) is 0 Å². The number of aromatic nitrogens is 5. The largest absolute Gasteiger partial charge is 0.497 e. The van der Waals surface area contributed by atoms with Crippen LogP contribution < -0.4 is 10.3 Å². The van der Waals surface area contributed by atoms with Crippen LogP contribution in [0, 0.1) is 0 Å². The first-order valence-electron chi connectivity index (χ1n) is 9.70. The van der Waals surface area contributed by atoms with Crippen molar-refractivity contribution in [1.29, 1.82) is 0 Å². The molecule has 0 radical (unpaired) electrons. The third kappa shape index (κ3) is 3.89. The first kappa shape index (κ1) is 19.9. The number of nitrogens with zero attached hydrogens (tertiary/aromatic N) is 5. The molecule has 3 heterocycles. The molecule has 0 saturated carbocycles. The summed E-state index contributed by atoms with van der Waals surface area (Å²) in [5.41, 5.74) is 0.993. The zero-order valence-corrected chi connectivity index (χ0v) is 18.0. The Labute approximate surface area is 173 Å². The molecular formula is C20H26N6O2S. The van der Waals surface area contributed by atoms with Crippen molar-refractivity contribution in [3.8, 4) is 5.75 Å². The number of pyridine rings is 1. The minimum absolute atomic E-state index is 0.127. The SMILES string of the molecule is COc1ccc2cc([C@H](c3nnnn3C(C)(C)C)N3CCSCC3)c(=O)[nH]c2c1. The lowest BCUT2D eigenvalue weighted by molar-refractivity contribution is 0.219. The standard InChI is InChI=1S/C20H26N6O2S/c1-20(2,3)26-18(22-23-24-26)17(25-7-9-29-10-8-25)15-11-13-5-6-14(28-4)12-16(13)21-19(15)27/h5-6,11-12,17H,7-10H2,1-4H3,(H,21,27)/t17-/m1/s1. The van der Waals surface area contributed by atoms with Gasteiger partial charge in [-0.2, -0.15) is 11.8 Å². The zero-order valence-electron chi connectivity index (χ0n) is 17.2. The average molecular weight is 415 g/mol. The van der Waals surface area contributed by atoms with Gasteiger partial charge >= 0.3 is 0 Å². The van der Waals surface area contributed by atoms with Gasteiger partial charge in [-0.3, -0.25) is 9.69 Å². The molecule has 1 atom stereocenters. The van der Waals surface area contributed by atoms with Crippen LogP contribution in [0.1, 0.15) is 38.2 Å². The molecule has 1 aliphatic rings. The topological polar surface area (TPSA) is 88.9 Å². The van der Waals surface area contributed by atoms with Gasteiger partial charge in [-0.05, 0) is 54.8 Å². The predicted molar refractivity (Wildman–Crippen MR) is 115 cm³/mol. The summed E-state index contributed by atoms with van der Waals surface area (Å²) in [7, 11) is 1.62. The molecule has 29 heavy (non-hydrogen) atoms. The molecule has 9 heteroatoms. The maximum atomic E-state index is 13.2. The Morgan fingerprint density at radius 1 is 1.21 bits per heavy atom. The fourth-order valence-corrected chi connectivity index (χ4v) is 4.64. The van der Waals surface area contributed by atoms with Crippen molar-refractivity contribution in [2.75, 3.05) is 31.7 Å². The number of aromatic amines is 1. The number of fused-ring (bicyclic) bond motifs is 1. The van der Waals surface area contributed by atoms with E-state index in [9.17, 15) is 4.79 Å². The Hall–Kier alpha value is -2.39. The maximum absolute atomic E-state index is 13.2. The molecule has 0 aliphatic carbocycles. The molecule has 1 fully saturated rings. The van der Waals surface area contributed by atoms with Crippen LogP contribution in [0.4, 0.5) is 0 Å². The fourth-order valence-electron chi connectivity index (χ4n) is 3.70. The lowest BCUT2D eigenvalue weighted by Gasteiger charge is -2.34. The molecule has 8 nitrogen and oxygen atoms in total. The molecule has 1 N–H and O–H groups in total. The predicted octanol–water partition coefficient (Wildman–Crippen LogP) is 2.42. The van der Waals surface area contributed by atoms with Crippen LogP contribution >= 0.6 is 11.8 Å². The van der Waals surface area contributed by atoms with E-state index < -0.39 is 0 Å². The van der Waals surface area contributed by atoms with E-state index in [1.54, 1.807) is 7.11 Å². The second kappa shape index (κ2) is 7.79. The number of hydrogen-bond acceptors (Lipinski definition) is 7. The van der Waals surface area contributed by atoms with Crippen molar-refractivity contribution in [2.45, 2.75) is 32.4 Å². The van der Waals surface area contributed by atoms with Gasteiger partial charge in [-0.25, -0.2) is 4.68 Å². The van der Waals surface area contributed by atoms with E-state index in [-0.39, 0.29) is 17.1 Å². The van der Waals surface area contributed by atoms with Crippen molar-refractivity contribution < 1.29 is 4.74 Å². The molecule has 4 rings (SSSR count). The van der Waals surface area contributed by atoms with Crippen molar-refractivity contribution in [2.24, 2.45) is 0 Å². The zero-order chi connectivity index (χ0) is 20.6. The van der Waals surface area contributed by atoms with E-state index in [0.717, 1.165) is 35.5 Å². The molecule has 3 aromatic rings. The molecule has 1 aliphatic heterocycles. The molecule has 0 bridgehead atoms. The number of methoxy groups -OCH3 is 1. The third-order valence-corrected chi connectivity index (χ3v) is 6.10. The summed E-state index contributed by atoms with van der Waals surface area (Å²) in [6, 6.07) is 7.36. The van der Waals surface area contributed by atoms with Crippen LogP contribution in [0.25, 0.3) is 10.9 Å². The van der Waals surface area contributed by atoms with Crippen molar-refractivity contribution in [3.63, 3.8) is 0 Å². The summed E-state index contributed by atoms with van der Waals surface area (Å²) in [6.45, 7) is 7.95. The van der Waals surface area contributed by atoms with E-state index in [1.165, 1.54) is 0 Å². The third-order valence-electron chi connectivity index (χ3n) is 5.16. The summed E-state index contributed by atoms with van der Waals surface area (Å²) >= 11 is 1.93. The number of benzene rings is 1. The van der Waals surface area contributed by atoms with Crippen LogP contribution in [0.3, 0.4) is 0 Å². The van der Waals surface area contributed by atoms with Crippen LogP contribution in [0.5, 0.6) is 5.75 Å². The molecule has 0 unspecified atom stereocenters. The smallest absolute Gasteiger partial charge is 0.253 e.